The van der Waals surface area contributed by atoms with E-state index in [-0.39, 0.29) is 5.84 Å². The van der Waals surface area contributed by atoms with Gasteiger partial charge in [0.1, 0.15) is 0 Å². The van der Waals surface area contributed by atoms with E-state index in [0.717, 1.165) is 19.4 Å². The minimum atomic E-state index is -0.421. The minimum absolute atomic E-state index is 0.218. The summed E-state index contributed by atoms with van der Waals surface area (Å²) in [4.78, 5) is 14.7. The molecule has 0 atom stereocenters. The van der Waals surface area contributed by atoms with Crippen LogP contribution in [-0.4, -0.2) is 22.8 Å². The molecule has 0 fully saturated rings. The molecule has 0 spiro atoms. The zero-order valence-electron chi connectivity index (χ0n) is 6.90. The third kappa shape index (κ3) is 3.58. The number of methoxy groups -OCH3 is 1. The first kappa shape index (κ1) is 11.2. The molecule has 0 saturated carbocycles. The second-order valence-electron chi connectivity index (χ2n) is 1.82. The van der Waals surface area contributed by atoms with Crippen molar-refractivity contribution in [2.75, 3.05) is 7.11 Å². The Kier molecular flexibility index (Phi) is 5.46. The second-order valence-corrected chi connectivity index (χ2v) is 3.28. The second kappa shape index (κ2) is 5.83. The van der Waals surface area contributed by atoms with Gasteiger partial charge in [0.25, 0.3) is 0 Å². The zero-order chi connectivity index (χ0) is 9.56. The Hall–Kier alpha value is -0.762. The summed E-state index contributed by atoms with van der Waals surface area (Å²) in [6, 6.07) is 0. The summed E-state index contributed by atoms with van der Waals surface area (Å²) in [6.45, 7) is 1.82. The van der Waals surface area contributed by atoms with Gasteiger partial charge in [-0.15, -0.1) is 0 Å². The maximum atomic E-state index is 10.9. The van der Waals surface area contributed by atoms with Crippen LogP contribution in [0.25, 0.3) is 0 Å². The van der Waals surface area contributed by atoms with Crippen LogP contribution in [0.5, 0.6) is 0 Å². The number of amidine groups is 1. The van der Waals surface area contributed by atoms with Crippen LogP contribution in [0, 0.1) is 0 Å². The Morgan fingerprint density at radius 1 is 1.67 bits per heavy atom. The summed E-state index contributed by atoms with van der Waals surface area (Å²) < 4.78 is 4.87. The van der Waals surface area contributed by atoms with Crippen molar-refractivity contribution in [3.63, 3.8) is 0 Å². The first-order valence-electron chi connectivity index (χ1n) is 3.20. The number of rotatable bonds is 3. The van der Waals surface area contributed by atoms with Crippen LogP contribution in [-0.2, 0) is 28.9 Å². The van der Waals surface area contributed by atoms with Gasteiger partial charge < -0.3 is 0 Å². The van der Waals surface area contributed by atoms with E-state index in [9.17, 15) is 4.79 Å². The summed E-state index contributed by atoms with van der Waals surface area (Å²) in [6.07, 6.45) is 3.26. The molecule has 0 heterocycles. The molecule has 0 amide bonds. The molecule has 0 saturated heterocycles. The summed E-state index contributed by atoms with van der Waals surface area (Å²) in [5.41, 5.74) is 5.46. The first-order chi connectivity index (χ1) is 5.63. The van der Waals surface area contributed by atoms with Gasteiger partial charge in [-0.3, -0.25) is 0 Å². The van der Waals surface area contributed by atoms with Crippen LogP contribution in [0.15, 0.2) is 17.3 Å². The molecule has 0 aliphatic rings. The molecule has 66 valence electrons. The fourth-order valence-electron chi connectivity index (χ4n) is 0.411. The van der Waals surface area contributed by atoms with E-state index in [2.05, 4.69) is 9.73 Å². The van der Waals surface area contributed by atoms with Crippen LogP contribution >= 0.6 is 0 Å². The standard InChI is InChI=1S/C7H10N2O2.W/c1-3-4-9-6(8)5-7(10)11-2;/h3-4H,1-2H3,(H2,8,9);. The molecular formula is C7H10N2O2W. The van der Waals surface area contributed by atoms with E-state index in [0.29, 0.717) is 3.90 Å². The van der Waals surface area contributed by atoms with Gasteiger partial charge in [-0.05, 0) is 0 Å². The molecule has 0 aromatic heterocycles. The van der Waals surface area contributed by atoms with Gasteiger partial charge in [0.15, 0.2) is 0 Å². The Morgan fingerprint density at radius 3 is 2.67 bits per heavy atom. The van der Waals surface area contributed by atoms with Crippen molar-refractivity contribution >= 4 is 15.7 Å². The van der Waals surface area contributed by atoms with Gasteiger partial charge >= 0.3 is 81.6 Å². The van der Waals surface area contributed by atoms with E-state index >= 15 is 0 Å². The number of nitrogens with two attached hydrogens (primary N) is 1. The quantitative estimate of drug-likeness (QED) is 0.439. The van der Waals surface area contributed by atoms with Gasteiger partial charge in [0.05, 0.1) is 0 Å². The summed E-state index contributed by atoms with van der Waals surface area (Å²) >= 11 is 0.947. The predicted octanol–water partition coefficient (Wildman–Crippen LogP) is -0.231. The van der Waals surface area contributed by atoms with Crippen molar-refractivity contribution < 1.29 is 28.9 Å². The van der Waals surface area contributed by atoms with Gasteiger partial charge in [-0.2, -0.15) is 0 Å². The molecule has 0 radical (unpaired) electrons. The van der Waals surface area contributed by atoms with Gasteiger partial charge in [-0.1, -0.05) is 0 Å². The number of carbonyl (C=O) groups is 1. The van der Waals surface area contributed by atoms with Crippen LogP contribution in [0.1, 0.15) is 6.92 Å². The van der Waals surface area contributed by atoms with Crippen molar-refractivity contribution in [2.45, 2.75) is 6.92 Å². The number of ether oxygens (including phenoxy) is 1. The number of carbonyl (C=O) groups excluding carboxylic acids is 1. The molecular weight excluding hydrogens is 328 g/mol. The van der Waals surface area contributed by atoms with E-state index in [4.69, 9.17) is 5.73 Å². The molecule has 0 aromatic carbocycles. The molecule has 0 aromatic rings. The third-order valence-electron chi connectivity index (χ3n) is 0.966. The van der Waals surface area contributed by atoms with Crippen molar-refractivity contribution in [2.24, 2.45) is 10.7 Å². The van der Waals surface area contributed by atoms with Gasteiger partial charge in [0.2, 0.25) is 0 Å². The van der Waals surface area contributed by atoms with Crippen molar-refractivity contribution in [3.8, 4) is 0 Å². The molecule has 0 bridgehead atoms. The number of nitrogens with zero attached hydrogens (tertiary/aromatic N) is 1. The van der Waals surface area contributed by atoms with Crippen LogP contribution in [0.4, 0.5) is 0 Å². The van der Waals surface area contributed by atoms with Crippen molar-refractivity contribution in [3.05, 3.63) is 12.3 Å². The number of hydrogen-bond acceptors (Lipinski definition) is 3. The third-order valence-corrected chi connectivity index (χ3v) is 2.32. The number of esters is 1. The molecule has 0 aliphatic carbocycles. The number of allylic oxidation sites excluding steroid dienone is 1. The Balaban J connectivity index is 4.39. The van der Waals surface area contributed by atoms with Crippen molar-refractivity contribution in [1.29, 1.82) is 0 Å². The molecule has 12 heavy (non-hydrogen) atoms. The molecule has 0 unspecified atom stereocenters. The van der Waals surface area contributed by atoms with Crippen LogP contribution in [0.2, 0.25) is 0 Å². The zero-order valence-corrected chi connectivity index (χ0v) is 9.84. The molecule has 0 rings (SSSR count). The normalized spacial score (nSPS) is 11.7. The average Bonchev–Trinajstić information content (AvgIpc) is 2.11. The van der Waals surface area contributed by atoms with Crippen LogP contribution in [0.3, 0.4) is 0 Å². The monoisotopic (exact) mass is 338 g/mol. The van der Waals surface area contributed by atoms with Gasteiger partial charge in [0, 0.05) is 0 Å². The topological polar surface area (TPSA) is 64.7 Å². The fourth-order valence-corrected chi connectivity index (χ4v) is 0.899. The molecule has 4 nitrogen and oxygen atoms in total. The predicted molar refractivity (Wildman–Crippen MR) is 43.5 cm³/mol. The molecule has 2 N–H and O–H groups in total. The van der Waals surface area contributed by atoms with E-state index < -0.39 is 5.97 Å². The molecule has 5 heteroatoms. The Bertz CT molecular complexity index is 246. The van der Waals surface area contributed by atoms with Crippen molar-refractivity contribution in [1.82, 2.24) is 0 Å². The van der Waals surface area contributed by atoms with Gasteiger partial charge in [-0.25, -0.2) is 0 Å². The van der Waals surface area contributed by atoms with E-state index in [1.807, 2.05) is 6.92 Å². The summed E-state index contributed by atoms with van der Waals surface area (Å²) in [5.74, 6) is -0.203. The average molecular weight is 338 g/mol. The Labute approximate surface area is 81.9 Å². The Morgan fingerprint density at radius 2 is 2.25 bits per heavy atom. The van der Waals surface area contributed by atoms with Crippen LogP contribution < -0.4 is 5.73 Å². The molecule has 0 aliphatic heterocycles. The fraction of sp³-hybridized carbons (Fsp3) is 0.286. The maximum absolute atomic E-state index is 10.9. The van der Waals surface area contributed by atoms with E-state index in [1.165, 1.54) is 13.3 Å². The summed E-state index contributed by atoms with van der Waals surface area (Å²) in [5, 5.41) is 0. The van der Waals surface area contributed by atoms with E-state index in [1.54, 1.807) is 6.08 Å². The first-order valence-corrected chi connectivity index (χ1v) is 4.67. The number of aliphatic imine (C=N–C) groups is 1. The number of hydrogen-bond donors (Lipinski definition) is 1. The summed E-state index contributed by atoms with van der Waals surface area (Å²) in [7, 11) is 1.31. The SMILES string of the molecule is CC=CN=C(N)[C](=[W])C(=O)OC.